The highest BCUT2D eigenvalue weighted by Crippen LogP contribution is 2.29. The highest BCUT2D eigenvalue weighted by atomic mass is 16.3. The number of hydrogen-bond donors (Lipinski definition) is 1. The Bertz CT molecular complexity index is 543. The fraction of sp³-hybridized carbons (Fsp3) is 0.529. The number of furan rings is 1. The van der Waals surface area contributed by atoms with Crippen LogP contribution in [0.1, 0.15) is 51.5 Å². The van der Waals surface area contributed by atoms with Gasteiger partial charge in [-0.1, -0.05) is 38.5 Å². The first-order valence-corrected chi connectivity index (χ1v) is 7.28. The van der Waals surface area contributed by atoms with Crippen molar-refractivity contribution in [2.45, 2.75) is 53.1 Å². The molecule has 0 aliphatic heterocycles. The van der Waals surface area contributed by atoms with Crippen molar-refractivity contribution in [3.05, 3.63) is 35.6 Å². The van der Waals surface area contributed by atoms with Crippen molar-refractivity contribution in [3.8, 4) is 0 Å². The van der Waals surface area contributed by atoms with Crippen molar-refractivity contribution in [2.24, 2.45) is 5.92 Å². The van der Waals surface area contributed by atoms with E-state index >= 15 is 0 Å². The predicted molar refractivity (Wildman–Crippen MR) is 81.4 cm³/mol. The van der Waals surface area contributed by atoms with Gasteiger partial charge >= 0.3 is 0 Å². The largest absolute Gasteiger partial charge is 0.459 e. The molecule has 1 N–H and O–H groups in total. The van der Waals surface area contributed by atoms with Crippen LogP contribution in [0.25, 0.3) is 11.0 Å². The van der Waals surface area contributed by atoms with Crippen molar-refractivity contribution in [2.75, 3.05) is 0 Å². The van der Waals surface area contributed by atoms with E-state index in [1.165, 1.54) is 17.4 Å². The summed E-state index contributed by atoms with van der Waals surface area (Å²) in [5.41, 5.74) is 2.24. The zero-order valence-corrected chi connectivity index (χ0v) is 12.7. The van der Waals surface area contributed by atoms with Gasteiger partial charge in [-0.25, -0.2) is 0 Å². The molecule has 3 atom stereocenters. The van der Waals surface area contributed by atoms with Crippen LogP contribution in [0.15, 0.2) is 28.7 Å². The highest BCUT2D eigenvalue weighted by molar-refractivity contribution is 5.82. The zero-order valence-electron chi connectivity index (χ0n) is 12.7. The molecule has 3 unspecified atom stereocenters. The van der Waals surface area contributed by atoms with Crippen LogP contribution in [-0.4, -0.2) is 6.04 Å². The summed E-state index contributed by atoms with van der Waals surface area (Å²) in [5.74, 6) is 1.74. The molecule has 19 heavy (non-hydrogen) atoms. The molecule has 0 spiro atoms. The third-order valence-electron chi connectivity index (χ3n) is 4.28. The van der Waals surface area contributed by atoms with Crippen LogP contribution in [0.3, 0.4) is 0 Å². The van der Waals surface area contributed by atoms with E-state index in [0.717, 1.165) is 11.3 Å². The quantitative estimate of drug-likeness (QED) is 0.832. The fourth-order valence-corrected chi connectivity index (χ4v) is 2.59. The van der Waals surface area contributed by atoms with Gasteiger partial charge in [0.25, 0.3) is 0 Å². The monoisotopic (exact) mass is 259 g/mol. The van der Waals surface area contributed by atoms with Gasteiger partial charge in [0.05, 0.1) is 6.04 Å². The Balaban J connectivity index is 2.22. The number of nitrogens with one attached hydrogen (secondary N) is 1. The molecule has 2 nitrogen and oxygen atoms in total. The van der Waals surface area contributed by atoms with Crippen LogP contribution >= 0.6 is 0 Å². The molecule has 2 rings (SSSR count). The molecule has 0 saturated heterocycles. The molecule has 1 aromatic carbocycles. The minimum Gasteiger partial charge on any atom is -0.459 e. The molecule has 104 valence electrons. The maximum Gasteiger partial charge on any atom is 0.134 e. The zero-order chi connectivity index (χ0) is 14.0. The van der Waals surface area contributed by atoms with Gasteiger partial charge in [-0.15, -0.1) is 0 Å². The standard InChI is InChI=1S/C17H25NO/c1-6-11(2)13(4)18-14(5)17-12(3)15-9-7-8-10-16(15)19-17/h7-11,13-14,18H,6H2,1-5H3. The lowest BCUT2D eigenvalue weighted by molar-refractivity contribution is 0.336. The SMILES string of the molecule is CCC(C)C(C)NC(C)c1oc2ccccc2c1C. The molecule has 0 bridgehead atoms. The first-order chi connectivity index (χ1) is 9.04. The summed E-state index contributed by atoms with van der Waals surface area (Å²) in [6, 6.07) is 8.99. The van der Waals surface area contributed by atoms with Crippen molar-refractivity contribution in [1.29, 1.82) is 0 Å². The number of fused-ring (bicyclic) bond motifs is 1. The van der Waals surface area contributed by atoms with E-state index in [9.17, 15) is 0 Å². The van der Waals surface area contributed by atoms with Gasteiger partial charge in [0.2, 0.25) is 0 Å². The molecule has 0 radical (unpaired) electrons. The van der Waals surface area contributed by atoms with E-state index in [-0.39, 0.29) is 6.04 Å². The van der Waals surface area contributed by atoms with Gasteiger partial charge in [-0.2, -0.15) is 0 Å². The van der Waals surface area contributed by atoms with E-state index in [1.54, 1.807) is 0 Å². The number of rotatable bonds is 5. The summed E-state index contributed by atoms with van der Waals surface area (Å²) in [6.45, 7) is 11.1. The maximum absolute atomic E-state index is 6.01. The van der Waals surface area contributed by atoms with Crippen LogP contribution in [0, 0.1) is 12.8 Å². The highest BCUT2D eigenvalue weighted by Gasteiger charge is 2.19. The molecule has 2 aromatic rings. The topological polar surface area (TPSA) is 25.2 Å². The lowest BCUT2D eigenvalue weighted by Crippen LogP contribution is -2.34. The Labute approximate surface area is 116 Å². The number of hydrogen-bond acceptors (Lipinski definition) is 2. The average Bonchev–Trinajstić information content (AvgIpc) is 2.75. The summed E-state index contributed by atoms with van der Waals surface area (Å²) in [7, 11) is 0. The van der Waals surface area contributed by atoms with Crippen LogP contribution in [0.5, 0.6) is 0 Å². The van der Waals surface area contributed by atoms with Crippen LogP contribution < -0.4 is 5.32 Å². The lowest BCUT2D eigenvalue weighted by Gasteiger charge is -2.23. The van der Waals surface area contributed by atoms with Gasteiger partial charge in [0.15, 0.2) is 0 Å². The molecule has 2 heteroatoms. The average molecular weight is 259 g/mol. The van der Waals surface area contributed by atoms with E-state index in [4.69, 9.17) is 4.42 Å². The first kappa shape index (κ1) is 14.1. The second kappa shape index (κ2) is 5.79. The number of para-hydroxylation sites is 1. The third kappa shape index (κ3) is 2.84. The van der Waals surface area contributed by atoms with Crippen molar-refractivity contribution in [1.82, 2.24) is 5.32 Å². The molecule has 0 amide bonds. The second-order valence-corrected chi connectivity index (χ2v) is 5.65. The van der Waals surface area contributed by atoms with Crippen LogP contribution in [0.2, 0.25) is 0 Å². The summed E-state index contributed by atoms with van der Waals surface area (Å²) in [5, 5.41) is 4.88. The summed E-state index contributed by atoms with van der Waals surface area (Å²) >= 11 is 0. The Morgan fingerprint density at radius 3 is 2.47 bits per heavy atom. The van der Waals surface area contributed by atoms with E-state index < -0.39 is 0 Å². The molecule has 0 aliphatic carbocycles. The summed E-state index contributed by atoms with van der Waals surface area (Å²) in [6.07, 6.45) is 1.19. The van der Waals surface area contributed by atoms with Gasteiger partial charge in [-0.3, -0.25) is 0 Å². The van der Waals surface area contributed by atoms with E-state index in [1.807, 2.05) is 12.1 Å². The molecule has 0 fully saturated rings. The smallest absolute Gasteiger partial charge is 0.134 e. The first-order valence-electron chi connectivity index (χ1n) is 7.28. The number of benzene rings is 1. The summed E-state index contributed by atoms with van der Waals surface area (Å²) in [4.78, 5) is 0. The molecular weight excluding hydrogens is 234 g/mol. The van der Waals surface area contributed by atoms with E-state index in [2.05, 4.69) is 52.1 Å². The Morgan fingerprint density at radius 1 is 1.16 bits per heavy atom. The van der Waals surface area contributed by atoms with Crippen LogP contribution in [0.4, 0.5) is 0 Å². The molecule has 0 saturated carbocycles. The Morgan fingerprint density at radius 2 is 1.84 bits per heavy atom. The van der Waals surface area contributed by atoms with Crippen molar-refractivity contribution in [3.63, 3.8) is 0 Å². The van der Waals surface area contributed by atoms with Gasteiger partial charge in [-0.05, 0) is 38.3 Å². The second-order valence-electron chi connectivity index (χ2n) is 5.65. The van der Waals surface area contributed by atoms with Gasteiger partial charge in [0.1, 0.15) is 11.3 Å². The molecule has 0 aliphatic rings. The van der Waals surface area contributed by atoms with Crippen molar-refractivity contribution >= 4 is 11.0 Å². The fourth-order valence-electron chi connectivity index (χ4n) is 2.59. The Kier molecular flexibility index (Phi) is 4.31. The summed E-state index contributed by atoms with van der Waals surface area (Å²) < 4.78 is 6.01. The maximum atomic E-state index is 6.01. The minimum atomic E-state index is 0.247. The molecule has 1 heterocycles. The predicted octanol–water partition coefficient (Wildman–Crippen LogP) is 4.83. The molecule has 1 aromatic heterocycles. The van der Waals surface area contributed by atoms with E-state index in [0.29, 0.717) is 12.0 Å². The van der Waals surface area contributed by atoms with Crippen LogP contribution in [-0.2, 0) is 0 Å². The third-order valence-corrected chi connectivity index (χ3v) is 4.28. The minimum absolute atomic E-state index is 0.247. The molecular formula is C17H25NO. The van der Waals surface area contributed by atoms with Crippen molar-refractivity contribution < 1.29 is 4.42 Å². The van der Waals surface area contributed by atoms with Gasteiger partial charge < -0.3 is 9.73 Å². The van der Waals surface area contributed by atoms with Gasteiger partial charge in [0, 0.05) is 11.4 Å². The number of aryl methyl sites for hydroxylation is 1. The normalized spacial score (nSPS) is 16.5. The lowest BCUT2D eigenvalue weighted by atomic mass is 9.99. The Hall–Kier alpha value is -1.28.